The second kappa shape index (κ2) is 4.92. The molecule has 18 heavy (non-hydrogen) atoms. The minimum Gasteiger partial charge on any atom is -0.399 e. The lowest BCUT2D eigenvalue weighted by Gasteiger charge is -2.08. The fourth-order valence-electron chi connectivity index (χ4n) is 1.88. The smallest absolute Gasteiger partial charge is 0.255 e. The third-order valence-electron chi connectivity index (χ3n) is 2.77. The third kappa shape index (κ3) is 2.69. The van der Waals surface area contributed by atoms with Crippen LogP contribution in [0.25, 0.3) is 0 Å². The maximum Gasteiger partial charge on any atom is 0.255 e. The highest BCUT2D eigenvalue weighted by molar-refractivity contribution is 6.05. The van der Waals surface area contributed by atoms with Crippen molar-refractivity contribution < 1.29 is 4.79 Å². The van der Waals surface area contributed by atoms with Crippen LogP contribution in [-0.2, 0) is 0 Å². The monoisotopic (exact) mass is 240 g/mol. The molecule has 0 aliphatic carbocycles. The predicted octanol–water partition coefficient (Wildman–Crippen LogP) is 3.14. The molecule has 0 fully saturated rings. The average Bonchev–Trinajstić information content (AvgIpc) is 2.28. The van der Waals surface area contributed by atoms with Crippen molar-refractivity contribution in [1.29, 1.82) is 0 Å². The summed E-state index contributed by atoms with van der Waals surface area (Å²) in [6, 6.07) is 12.9. The van der Waals surface area contributed by atoms with Crippen molar-refractivity contribution in [3.63, 3.8) is 0 Å². The van der Waals surface area contributed by atoms with Crippen LogP contribution in [0.15, 0.2) is 42.5 Å². The molecule has 0 atom stereocenters. The molecule has 0 unspecified atom stereocenters. The summed E-state index contributed by atoms with van der Waals surface area (Å²) in [7, 11) is 0. The van der Waals surface area contributed by atoms with Gasteiger partial charge in [0.25, 0.3) is 5.91 Å². The summed E-state index contributed by atoms with van der Waals surface area (Å²) in [6.45, 7) is 3.94. The minimum atomic E-state index is -0.113. The fraction of sp³-hybridized carbons (Fsp3) is 0.133. The number of rotatable bonds is 2. The van der Waals surface area contributed by atoms with E-state index in [0.717, 1.165) is 11.1 Å². The molecule has 3 heteroatoms. The van der Waals surface area contributed by atoms with E-state index in [1.54, 1.807) is 12.1 Å². The molecule has 2 aromatic carbocycles. The van der Waals surface area contributed by atoms with Gasteiger partial charge in [0.05, 0.1) is 0 Å². The number of nitrogen functional groups attached to an aromatic ring is 1. The number of amides is 1. The molecule has 2 aromatic rings. The Labute approximate surface area is 107 Å². The molecule has 0 saturated carbocycles. The first-order chi connectivity index (χ1) is 8.56. The largest absolute Gasteiger partial charge is 0.399 e. The van der Waals surface area contributed by atoms with E-state index in [4.69, 9.17) is 5.73 Å². The zero-order valence-electron chi connectivity index (χ0n) is 10.5. The average molecular weight is 240 g/mol. The standard InChI is InChI=1S/C15H16N2O/c1-10-6-7-14(11(2)8-10)15(18)17-13-5-3-4-12(16)9-13/h3-9H,16H2,1-2H3,(H,17,18). The molecule has 0 heterocycles. The van der Waals surface area contributed by atoms with Gasteiger partial charge in [-0.2, -0.15) is 0 Å². The van der Waals surface area contributed by atoms with Gasteiger partial charge in [0, 0.05) is 16.9 Å². The van der Waals surface area contributed by atoms with Crippen LogP contribution in [0.2, 0.25) is 0 Å². The van der Waals surface area contributed by atoms with Gasteiger partial charge in [-0.1, -0.05) is 23.8 Å². The van der Waals surface area contributed by atoms with Crippen LogP contribution in [0, 0.1) is 13.8 Å². The molecule has 0 aromatic heterocycles. The molecule has 0 radical (unpaired) electrons. The van der Waals surface area contributed by atoms with Crippen LogP contribution < -0.4 is 11.1 Å². The predicted molar refractivity (Wildman–Crippen MR) is 74.7 cm³/mol. The lowest BCUT2D eigenvalue weighted by molar-refractivity contribution is 0.102. The molecule has 0 saturated heterocycles. The van der Waals surface area contributed by atoms with Crippen LogP contribution >= 0.6 is 0 Å². The van der Waals surface area contributed by atoms with Crippen molar-refractivity contribution in [1.82, 2.24) is 0 Å². The van der Waals surface area contributed by atoms with Gasteiger partial charge in [0.2, 0.25) is 0 Å². The van der Waals surface area contributed by atoms with Crippen LogP contribution in [0.1, 0.15) is 21.5 Å². The molecular formula is C15H16N2O. The van der Waals surface area contributed by atoms with Crippen molar-refractivity contribution in [2.75, 3.05) is 11.1 Å². The van der Waals surface area contributed by atoms with Crippen LogP contribution in [0.5, 0.6) is 0 Å². The van der Waals surface area contributed by atoms with Gasteiger partial charge in [-0.25, -0.2) is 0 Å². The van der Waals surface area contributed by atoms with E-state index in [1.807, 2.05) is 44.2 Å². The molecule has 1 amide bonds. The summed E-state index contributed by atoms with van der Waals surface area (Å²) in [4.78, 5) is 12.1. The van der Waals surface area contributed by atoms with Crippen molar-refractivity contribution in [2.24, 2.45) is 0 Å². The van der Waals surface area contributed by atoms with Crippen molar-refractivity contribution >= 4 is 17.3 Å². The van der Waals surface area contributed by atoms with Gasteiger partial charge in [-0.3, -0.25) is 4.79 Å². The molecule has 3 nitrogen and oxygen atoms in total. The Balaban J connectivity index is 2.22. The van der Waals surface area contributed by atoms with E-state index in [2.05, 4.69) is 5.32 Å². The summed E-state index contributed by atoms with van der Waals surface area (Å²) in [5.41, 5.74) is 9.81. The third-order valence-corrected chi connectivity index (χ3v) is 2.77. The Bertz CT molecular complexity index is 591. The Morgan fingerprint density at radius 2 is 1.89 bits per heavy atom. The number of hydrogen-bond donors (Lipinski definition) is 2. The Hall–Kier alpha value is -2.29. The quantitative estimate of drug-likeness (QED) is 0.792. The summed E-state index contributed by atoms with van der Waals surface area (Å²) >= 11 is 0. The summed E-state index contributed by atoms with van der Waals surface area (Å²) in [6.07, 6.45) is 0. The van der Waals surface area contributed by atoms with Crippen molar-refractivity contribution in [3.05, 3.63) is 59.2 Å². The first-order valence-electron chi connectivity index (χ1n) is 5.80. The number of aryl methyl sites for hydroxylation is 2. The molecule has 0 bridgehead atoms. The number of benzene rings is 2. The van der Waals surface area contributed by atoms with Gasteiger partial charge in [-0.15, -0.1) is 0 Å². The van der Waals surface area contributed by atoms with E-state index in [0.29, 0.717) is 16.9 Å². The van der Waals surface area contributed by atoms with Gasteiger partial charge in [0.15, 0.2) is 0 Å². The second-order valence-corrected chi connectivity index (χ2v) is 4.40. The van der Waals surface area contributed by atoms with Crippen LogP contribution in [0.4, 0.5) is 11.4 Å². The number of anilines is 2. The van der Waals surface area contributed by atoms with Crippen LogP contribution in [-0.4, -0.2) is 5.91 Å². The lowest BCUT2D eigenvalue weighted by Crippen LogP contribution is -2.13. The van der Waals surface area contributed by atoms with Gasteiger partial charge < -0.3 is 11.1 Å². The lowest BCUT2D eigenvalue weighted by atomic mass is 10.1. The van der Waals surface area contributed by atoms with Gasteiger partial charge in [-0.05, 0) is 43.7 Å². The SMILES string of the molecule is Cc1ccc(C(=O)Nc2cccc(N)c2)c(C)c1. The molecule has 0 spiro atoms. The Morgan fingerprint density at radius 3 is 2.56 bits per heavy atom. The van der Waals surface area contributed by atoms with E-state index in [1.165, 1.54) is 0 Å². The number of hydrogen-bond acceptors (Lipinski definition) is 2. The van der Waals surface area contributed by atoms with Gasteiger partial charge >= 0.3 is 0 Å². The zero-order chi connectivity index (χ0) is 13.1. The van der Waals surface area contributed by atoms with Crippen molar-refractivity contribution in [2.45, 2.75) is 13.8 Å². The molecular weight excluding hydrogens is 224 g/mol. The normalized spacial score (nSPS) is 10.1. The maximum absolute atomic E-state index is 12.1. The molecule has 3 N–H and O–H groups in total. The highest BCUT2D eigenvalue weighted by Gasteiger charge is 2.09. The number of carbonyl (C=O) groups excluding carboxylic acids is 1. The summed E-state index contributed by atoms with van der Waals surface area (Å²) in [5.74, 6) is -0.113. The molecule has 2 rings (SSSR count). The number of nitrogens with two attached hydrogens (primary N) is 1. The molecule has 92 valence electrons. The van der Waals surface area contributed by atoms with E-state index >= 15 is 0 Å². The first kappa shape index (κ1) is 12.2. The van der Waals surface area contributed by atoms with Crippen molar-refractivity contribution in [3.8, 4) is 0 Å². The zero-order valence-corrected chi connectivity index (χ0v) is 10.5. The minimum absolute atomic E-state index is 0.113. The number of nitrogens with one attached hydrogen (secondary N) is 1. The highest BCUT2D eigenvalue weighted by atomic mass is 16.1. The second-order valence-electron chi connectivity index (χ2n) is 4.40. The van der Waals surface area contributed by atoms with E-state index in [9.17, 15) is 4.79 Å². The van der Waals surface area contributed by atoms with Gasteiger partial charge in [0.1, 0.15) is 0 Å². The van der Waals surface area contributed by atoms with Crippen LogP contribution in [0.3, 0.4) is 0 Å². The highest BCUT2D eigenvalue weighted by Crippen LogP contribution is 2.15. The first-order valence-corrected chi connectivity index (χ1v) is 5.80. The Morgan fingerprint density at radius 1 is 1.11 bits per heavy atom. The maximum atomic E-state index is 12.1. The Kier molecular flexibility index (Phi) is 3.33. The summed E-state index contributed by atoms with van der Waals surface area (Å²) < 4.78 is 0. The fourth-order valence-corrected chi connectivity index (χ4v) is 1.88. The topological polar surface area (TPSA) is 55.1 Å². The molecule has 0 aliphatic rings. The summed E-state index contributed by atoms with van der Waals surface area (Å²) in [5, 5.41) is 2.84. The molecule has 0 aliphatic heterocycles. The number of carbonyl (C=O) groups is 1. The van der Waals surface area contributed by atoms with E-state index in [-0.39, 0.29) is 5.91 Å². The van der Waals surface area contributed by atoms with E-state index < -0.39 is 0 Å².